The average molecular weight is 265 g/mol. The summed E-state index contributed by atoms with van der Waals surface area (Å²) in [5, 5.41) is 20.7. The summed E-state index contributed by atoms with van der Waals surface area (Å²) in [6, 6.07) is 7.09. The Morgan fingerprint density at radius 3 is 2.21 bits per heavy atom. The minimum absolute atomic E-state index is 0.0364. The van der Waals surface area contributed by atoms with Gasteiger partial charge in [0, 0.05) is 11.8 Å². The van der Waals surface area contributed by atoms with Crippen LogP contribution in [0, 0.1) is 11.6 Å². The van der Waals surface area contributed by atoms with Crippen molar-refractivity contribution in [1.82, 2.24) is 0 Å². The third-order valence-electron chi connectivity index (χ3n) is 2.44. The van der Waals surface area contributed by atoms with Crippen molar-refractivity contribution in [2.24, 2.45) is 0 Å². The van der Waals surface area contributed by atoms with E-state index in [9.17, 15) is 13.6 Å². The molecule has 0 aliphatic rings. The van der Waals surface area contributed by atoms with E-state index < -0.39 is 17.6 Å². The second-order valence-electron chi connectivity index (χ2n) is 3.79. The van der Waals surface area contributed by atoms with E-state index in [1.807, 2.05) is 0 Å². The molecule has 3 N–H and O–H groups in total. The number of phenols is 1. The molecular weight excluding hydrogens is 256 g/mol. The molecule has 98 valence electrons. The van der Waals surface area contributed by atoms with Gasteiger partial charge in [-0.1, -0.05) is 0 Å². The van der Waals surface area contributed by atoms with Gasteiger partial charge >= 0.3 is 5.97 Å². The maximum Gasteiger partial charge on any atom is 0.337 e. The highest BCUT2D eigenvalue weighted by atomic mass is 19.2. The summed E-state index contributed by atoms with van der Waals surface area (Å²) < 4.78 is 26.2. The lowest BCUT2D eigenvalue weighted by atomic mass is 10.1. The number of carboxylic acid groups (broad SMARTS) is 1. The van der Waals surface area contributed by atoms with E-state index in [1.54, 1.807) is 0 Å². The van der Waals surface area contributed by atoms with Gasteiger partial charge in [-0.05, 0) is 30.3 Å². The van der Waals surface area contributed by atoms with E-state index in [0.717, 1.165) is 6.07 Å². The Hall–Kier alpha value is -2.63. The molecule has 0 fully saturated rings. The second kappa shape index (κ2) is 4.93. The number of phenolic OH excluding ortho intramolecular Hbond substituents is 1. The zero-order valence-corrected chi connectivity index (χ0v) is 9.52. The highest BCUT2D eigenvalue weighted by Crippen LogP contribution is 2.25. The first-order chi connectivity index (χ1) is 8.97. The quantitative estimate of drug-likeness (QED) is 0.746. The van der Waals surface area contributed by atoms with Crippen molar-refractivity contribution < 1.29 is 23.8 Å². The van der Waals surface area contributed by atoms with Gasteiger partial charge in [-0.3, -0.25) is 0 Å². The Kier molecular flexibility index (Phi) is 3.33. The fraction of sp³-hybridized carbons (Fsp3) is 0. The van der Waals surface area contributed by atoms with E-state index in [4.69, 9.17) is 10.2 Å². The van der Waals surface area contributed by atoms with Crippen molar-refractivity contribution in [3.8, 4) is 5.75 Å². The molecule has 2 aromatic carbocycles. The highest BCUT2D eigenvalue weighted by Gasteiger charge is 2.15. The highest BCUT2D eigenvalue weighted by molar-refractivity contribution is 5.95. The molecule has 6 heteroatoms. The van der Waals surface area contributed by atoms with Crippen LogP contribution in [0.15, 0.2) is 36.4 Å². The van der Waals surface area contributed by atoms with Crippen LogP contribution in [0.4, 0.5) is 20.2 Å². The molecule has 0 radical (unpaired) electrons. The minimum atomic E-state index is -1.37. The van der Waals surface area contributed by atoms with E-state index in [2.05, 4.69) is 5.32 Å². The summed E-state index contributed by atoms with van der Waals surface area (Å²) in [5.74, 6) is -3.71. The zero-order chi connectivity index (χ0) is 14.0. The van der Waals surface area contributed by atoms with Crippen LogP contribution in [0.5, 0.6) is 5.75 Å². The molecule has 0 atom stereocenters. The molecule has 2 rings (SSSR count). The third kappa shape index (κ3) is 2.79. The predicted molar refractivity (Wildman–Crippen MR) is 64.7 cm³/mol. The number of carbonyl (C=O) groups is 1. The monoisotopic (exact) mass is 265 g/mol. The topological polar surface area (TPSA) is 69.6 Å². The number of nitrogens with one attached hydrogen (secondary N) is 1. The number of rotatable bonds is 3. The lowest BCUT2D eigenvalue weighted by Crippen LogP contribution is -2.05. The number of carboxylic acids is 1. The average Bonchev–Trinajstić information content (AvgIpc) is 2.36. The van der Waals surface area contributed by atoms with Gasteiger partial charge < -0.3 is 15.5 Å². The number of aromatic hydroxyl groups is 1. The molecule has 0 aliphatic carbocycles. The van der Waals surface area contributed by atoms with E-state index in [-0.39, 0.29) is 17.0 Å². The standard InChI is InChI=1S/C13H9F2NO3/c14-10-5-9(13(18)19)12(6-11(10)15)16-7-1-3-8(17)4-2-7/h1-6,16-17H,(H,18,19). The Morgan fingerprint density at radius 2 is 1.63 bits per heavy atom. The maximum absolute atomic E-state index is 13.1. The molecular formula is C13H9F2NO3. The minimum Gasteiger partial charge on any atom is -0.508 e. The van der Waals surface area contributed by atoms with Crippen molar-refractivity contribution in [1.29, 1.82) is 0 Å². The summed E-state index contributed by atoms with van der Waals surface area (Å²) in [4.78, 5) is 11.0. The molecule has 0 spiro atoms. The van der Waals surface area contributed by atoms with Gasteiger partial charge in [0.2, 0.25) is 0 Å². The molecule has 0 heterocycles. The first-order valence-electron chi connectivity index (χ1n) is 5.26. The van der Waals surface area contributed by atoms with Crippen LogP contribution in [0.1, 0.15) is 10.4 Å². The van der Waals surface area contributed by atoms with Gasteiger partial charge in [0.05, 0.1) is 11.3 Å². The molecule has 0 amide bonds. The Morgan fingerprint density at radius 1 is 1.05 bits per heavy atom. The normalized spacial score (nSPS) is 10.2. The second-order valence-corrected chi connectivity index (χ2v) is 3.79. The first-order valence-corrected chi connectivity index (χ1v) is 5.26. The van der Waals surface area contributed by atoms with Gasteiger partial charge in [0.1, 0.15) is 5.75 Å². The number of anilines is 2. The Bertz CT molecular complexity index is 627. The molecule has 0 saturated heterocycles. The van der Waals surface area contributed by atoms with Crippen LogP contribution in [0.25, 0.3) is 0 Å². The maximum atomic E-state index is 13.1. The molecule has 19 heavy (non-hydrogen) atoms. The lowest BCUT2D eigenvalue weighted by molar-refractivity contribution is 0.0697. The SMILES string of the molecule is O=C(O)c1cc(F)c(F)cc1Nc1ccc(O)cc1. The van der Waals surface area contributed by atoms with Crippen molar-refractivity contribution in [3.05, 3.63) is 53.6 Å². The number of aromatic carboxylic acids is 1. The van der Waals surface area contributed by atoms with Crippen LogP contribution in [0.2, 0.25) is 0 Å². The molecule has 4 nitrogen and oxygen atoms in total. The Balaban J connectivity index is 2.41. The van der Waals surface area contributed by atoms with Gasteiger partial charge in [-0.25, -0.2) is 13.6 Å². The van der Waals surface area contributed by atoms with E-state index in [1.165, 1.54) is 24.3 Å². The Labute approximate surface area is 106 Å². The van der Waals surface area contributed by atoms with Crippen molar-refractivity contribution >= 4 is 17.3 Å². The summed E-state index contributed by atoms with van der Waals surface area (Å²) in [6.07, 6.45) is 0. The first kappa shape index (κ1) is 12.8. The molecule has 0 saturated carbocycles. The number of halogens is 2. The van der Waals surface area contributed by atoms with Gasteiger partial charge in [-0.2, -0.15) is 0 Å². The molecule has 2 aromatic rings. The molecule has 0 aliphatic heterocycles. The molecule has 0 aromatic heterocycles. The number of hydrogen-bond donors (Lipinski definition) is 3. The summed E-state index contributed by atoms with van der Waals surface area (Å²) >= 11 is 0. The smallest absolute Gasteiger partial charge is 0.337 e. The number of hydrogen-bond acceptors (Lipinski definition) is 3. The van der Waals surface area contributed by atoms with Crippen LogP contribution in [-0.2, 0) is 0 Å². The van der Waals surface area contributed by atoms with E-state index in [0.29, 0.717) is 11.8 Å². The van der Waals surface area contributed by atoms with Gasteiger partial charge in [-0.15, -0.1) is 0 Å². The van der Waals surface area contributed by atoms with Crippen LogP contribution >= 0.6 is 0 Å². The van der Waals surface area contributed by atoms with E-state index >= 15 is 0 Å². The van der Waals surface area contributed by atoms with Crippen molar-refractivity contribution in [2.75, 3.05) is 5.32 Å². The summed E-state index contributed by atoms with van der Waals surface area (Å²) in [6.45, 7) is 0. The zero-order valence-electron chi connectivity index (χ0n) is 9.52. The molecule has 0 bridgehead atoms. The van der Waals surface area contributed by atoms with Crippen LogP contribution in [0.3, 0.4) is 0 Å². The summed E-state index contributed by atoms with van der Waals surface area (Å²) in [7, 11) is 0. The molecule has 0 unspecified atom stereocenters. The fourth-order valence-electron chi connectivity index (χ4n) is 1.53. The van der Waals surface area contributed by atoms with Crippen molar-refractivity contribution in [3.63, 3.8) is 0 Å². The van der Waals surface area contributed by atoms with Crippen molar-refractivity contribution in [2.45, 2.75) is 0 Å². The lowest BCUT2D eigenvalue weighted by Gasteiger charge is -2.10. The largest absolute Gasteiger partial charge is 0.508 e. The van der Waals surface area contributed by atoms with Crippen LogP contribution in [-0.4, -0.2) is 16.2 Å². The predicted octanol–water partition coefficient (Wildman–Crippen LogP) is 3.11. The van der Waals surface area contributed by atoms with Gasteiger partial charge in [0.15, 0.2) is 11.6 Å². The van der Waals surface area contributed by atoms with Crippen LogP contribution < -0.4 is 5.32 Å². The summed E-state index contributed by atoms with van der Waals surface area (Å²) in [5.41, 5.74) is -0.0182. The number of benzene rings is 2. The van der Waals surface area contributed by atoms with Gasteiger partial charge in [0.25, 0.3) is 0 Å². The fourth-order valence-corrected chi connectivity index (χ4v) is 1.53. The third-order valence-corrected chi connectivity index (χ3v) is 2.44.